The van der Waals surface area contributed by atoms with Crippen molar-refractivity contribution in [3.05, 3.63) is 46.0 Å². The van der Waals surface area contributed by atoms with Crippen molar-refractivity contribution in [3.8, 4) is 0 Å². The van der Waals surface area contributed by atoms with Gasteiger partial charge < -0.3 is 5.32 Å². The van der Waals surface area contributed by atoms with Gasteiger partial charge >= 0.3 is 6.03 Å². The number of imide groups is 1. The standard InChI is InChI=1S/C15H14Cl2N2O2/c16-10-5-9(6-11(17)8-10)7-13-14(20)19(15(21)18-13)12-3-1-2-4-12/h1-2,5-6,8,12-13H,3-4,7H2,(H,18,21)/t13-/m0/s1. The first kappa shape index (κ1) is 14.4. The van der Waals surface area contributed by atoms with Crippen molar-refractivity contribution < 1.29 is 9.59 Å². The topological polar surface area (TPSA) is 49.4 Å². The quantitative estimate of drug-likeness (QED) is 0.685. The molecule has 1 aliphatic carbocycles. The van der Waals surface area contributed by atoms with Crippen molar-refractivity contribution in [3.63, 3.8) is 0 Å². The summed E-state index contributed by atoms with van der Waals surface area (Å²) in [5.41, 5.74) is 0.831. The molecule has 0 bridgehead atoms. The van der Waals surface area contributed by atoms with Crippen LogP contribution in [-0.2, 0) is 11.2 Å². The van der Waals surface area contributed by atoms with Crippen LogP contribution in [0.4, 0.5) is 4.79 Å². The molecule has 0 saturated carbocycles. The second kappa shape index (κ2) is 5.70. The third kappa shape index (κ3) is 2.92. The highest BCUT2D eigenvalue weighted by Crippen LogP contribution is 2.24. The van der Waals surface area contributed by atoms with E-state index in [1.165, 1.54) is 4.90 Å². The van der Waals surface area contributed by atoms with E-state index in [-0.39, 0.29) is 18.0 Å². The zero-order valence-corrected chi connectivity index (χ0v) is 12.7. The summed E-state index contributed by atoms with van der Waals surface area (Å²) < 4.78 is 0. The normalized spacial score (nSPS) is 22.2. The maximum Gasteiger partial charge on any atom is 0.325 e. The van der Waals surface area contributed by atoms with Crippen LogP contribution < -0.4 is 5.32 Å². The minimum Gasteiger partial charge on any atom is -0.325 e. The molecule has 0 aromatic heterocycles. The molecule has 0 spiro atoms. The van der Waals surface area contributed by atoms with Crippen molar-refractivity contribution in [2.75, 3.05) is 0 Å². The number of halogens is 2. The number of carbonyl (C=O) groups is 2. The lowest BCUT2D eigenvalue weighted by Gasteiger charge is -2.20. The van der Waals surface area contributed by atoms with E-state index in [9.17, 15) is 9.59 Å². The van der Waals surface area contributed by atoms with Gasteiger partial charge in [-0.25, -0.2) is 4.79 Å². The van der Waals surface area contributed by atoms with Gasteiger partial charge in [0, 0.05) is 22.5 Å². The van der Waals surface area contributed by atoms with Gasteiger partial charge in [-0.3, -0.25) is 9.69 Å². The van der Waals surface area contributed by atoms with Gasteiger partial charge in [-0.05, 0) is 36.6 Å². The number of urea groups is 1. The molecule has 1 aromatic carbocycles. The minimum absolute atomic E-state index is 0.0505. The summed E-state index contributed by atoms with van der Waals surface area (Å²) in [6.45, 7) is 0. The highest BCUT2D eigenvalue weighted by molar-refractivity contribution is 6.34. The smallest absolute Gasteiger partial charge is 0.325 e. The number of amides is 3. The first-order valence-electron chi connectivity index (χ1n) is 6.78. The van der Waals surface area contributed by atoms with Gasteiger partial charge in [0.15, 0.2) is 0 Å². The summed E-state index contributed by atoms with van der Waals surface area (Å²) in [6, 6.07) is 4.24. The van der Waals surface area contributed by atoms with Crippen LogP contribution in [0.3, 0.4) is 0 Å². The molecule has 1 saturated heterocycles. The van der Waals surface area contributed by atoms with E-state index in [4.69, 9.17) is 23.2 Å². The molecule has 6 heteroatoms. The Kier molecular flexibility index (Phi) is 3.91. The molecule has 3 rings (SSSR count). The Morgan fingerprint density at radius 2 is 1.71 bits per heavy atom. The Balaban J connectivity index is 1.75. The summed E-state index contributed by atoms with van der Waals surface area (Å²) in [7, 11) is 0. The fourth-order valence-corrected chi connectivity index (χ4v) is 3.38. The maximum atomic E-state index is 12.4. The zero-order valence-electron chi connectivity index (χ0n) is 11.2. The lowest BCUT2D eigenvalue weighted by molar-refractivity contribution is -0.128. The number of nitrogens with zero attached hydrogens (tertiary/aromatic N) is 1. The molecule has 1 fully saturated rings. The van der Waals surface area contributed by atoms with E-state index in [0.717, 1.165) is 18.4 Å². The van der Waals surface area contributed by atoms with Crippen molar-refractivity contribution >= 4 is 35.1 Å². The summed E-state index contributed by atoms with van der Waals surface area (Å²) in [6.07, 6.45) is 5.84. The molecule has 1 aromatic rings. The van der Waals surface area contributed by atoms with Crippen molar-refractivity contribution in [2.24, 2.45) is 0 Å². The van der Waals surface area contributed by atoms with Crippen molar-refractivity contribution in [1.82, 2.24) is 10.2 Å². The lowest BCUT2D eigenvalue weighted by Crippen LogP contribution is -2.39. The number of nitrogens with one attached hydrogen (secondary N) is 1. The van der Waals surface area contributed by atoms with Crippen LogP contribution >= 0.6 is 23.2 Å². The number of benzene rings is 1. The number of hydrogen-bond acceptors (Lipinski definition) is 2. The lowest BCUT2D eigenvalue weighted by atomic mass is 10.1. The molecule has 4 nitrogen and oxygen atoms in total. The third-order valence-electron chi connectivity index (χ3n) is 3.76. The Morgan fingerprint density at radius 1 is 1.10 bits per heavy atom. The molecule has 1 atom stereocenters. The summed E-state index contributed by atoms with van der Waals surface area (Å²) in [5, 5.41) is 3.78. The van der Waals surface area contributed by atoms with E-state index in [1.54, 1.807) is 18.2 Å². The fraction of sp³-hybridized carbons (Fsp3) is 0.333. The molecule has 3 amide bonds. The van der Waals surface area contributed by atoms with Crippen LogP contribution in [-0.4, -0.2) is 28.9 Å². The fourth-order valence-electron chi connectivity index (χ4n) is 2.81. The van der Waals surface area contributed by atoms with Crippen molar-refractivity contribution in [1.29, 1.82) is 0 Å². The first-order chi connectivity index (χ1) is 10.0. The highest BCUT2D eigenvalue weighted by atomic mass is 35.5. The second-order valence-electron chi connectivity index (χ2n) is 5.29. The molecule has 1 aliphatic heterocycles. The van der Waals surface area contributed by atoms with Gasteiger partial charge in [-0.1, -0.05) is 35.4 Å². The van der Waals surface area contributed by atoms with Gasteiger partial charge in [0.2, 0.25) is 0 Å². The number of carbonyl (C=O) groups excluding carboxylic acids is 2. The SMILES string of the molecule is O=C1N[C@@H](Cc2cc(Cl)cc(Cl)c2)C(=O)N1C1CC=CC1. The van der Waals surface area contributed by atoms with Crippen LogP contribution in [0.15, 0.2) is 30.4 Å². The molecule has 1 heterocycles. The average Bonchev–Trinajstić information content (AvgIpc) is 2.98. The monoisotopic (exact) mass is 324 g/mol. The van der Waals surface area contributed by atoms with E-state index < -0.39 is 6.04 Å². The minimum atomic E-state index is -0.548. The Labute approximate surface area is 132 Å². The molecule has 1 N–H and O–H groups in total. The van der Waals surface area contributed by atoms with E-state index in [2.05, 4.69) is 5.32 Å². The van der Waals surface area contributed by atoms with E-state index in [0.29, 0.717) is 16.5 Å². The molecule has 0 radical (unpaired) electrons. The molecule has 110 valence electrons. The van der Waals surface area contributed by atoms with E-state index >= 15 is 0 Å². The summed E-state index contributed by atoms with van der Waals surface area (Å²) in [5.74, 6) is -0.176. The van der Waals surface area contributed by atoms with Crippen LogP contribution in [0.5, 0.6) is 0 Å². The Morgan fingerprint density at radius 3 is 2.33 bits per heavy atom. The molecule has 2 aliphatic rings. The first-order valence-corrected chi connectivity index (χ1v) is 7.54. The van der Waals surface area contributed by atoms with Gasteiger partial charge in [0.05, 0.1) is 0 Å². The number of hydrogen-bond donors (Lipinski definition) is 1. The van der Waals surface area contributed by atoms with Gasteiger partial charge in [0.1, 0.15) is 6.04 Å². The molecular formula is C15H14Cl2N2O2. The van der Waals surface area contributed by atoms with Gasteiger partial charge in [0.25, 0.3) is 5.91 Å². The Hall–Kier alpha value is -1.52. The van der Waals surface area contributed by atoms with Gasteiger partial charge in [-0.2, -0.15) is 0 Å². The second-order valence-corrected chi connectivity index (χ2v) is 6.16. The number of rotatable bonds is 3. The summed E-state index contributed by atoms with van der Waals surface area (Å²) >= 11 is 11.9. The molecule has 21 heavy (non-hydrogen) atoms. The summed E-state index contributed by atoms with van der Waals surface area (Å²) in [4.78, 5) is 25.8. The van der Waals surface area contributed by atoms with E-state index in [1.807, 2.05) is 12.2 Å². The van der Waals surface area contributed by atoms with Crippen LogP contribution in [0.25, 0.3) is 0 Å². The zero-order chi connectivity index (χ0) is 15.0. The average molecular weight is 325 g/mol. The van der Waals surface area contributed by atoms with Crippen molar-refractivity contribution in [2.45, 2.75) is 31.3 Å². The predicted molar refractivity (Wildman–Crippen MR) is 81.5 cm³/mol. The maximum absolute atomic E-state index is 12.4. The third-order valence-corrected chi connectivity index (χ3v) is 4.20. The van der Waals surface area contributed by atoms with Crippen LogP contribution in [0.2, 0.25) is 10.0 Å². The largest absolute Gasteiger partial charge is 0.325 e. The van der Waals surface area contributed by atoms with Gasteiger partial charge in [-0.15, -0.1) is 0 Å². The predicted octanol–water partition coefficient (Wildman–Crippen LogP) is 3.17. The highest BCUT2D eigenvalue weighted by Gasteiger charge is 2.41. The van der Waals surface area contributed by atoms with Crippen LogP contribution in [0, 0.1) is 0 Å². The molecule has 0 unspecified atom stereocenters. The Bertz CT molecular complexity index is 602. The van der Waals surface area contributed by atoms with Crippen LogP contribution in [0.1, 0.15) is 18.4 Å². The molecular weight excluding hydrogens is 311 g/mol.